The Bertz CT molecular complexity index is 383. The van der Waals surface area contributed by atoms with Crippen LogP contribution < -0.4 is 10.6 Å². The van der Waals surface area contributed by atoms with Crippen molar-refractivity contribution in [1.82, 2.24) is 5.32 Å². The molecule has 2 nitrogen and oxygen atoms in total. The van der Waals surface area contributed by atoms with E-state index in [1.165, 1.54) is 12.1 Å². The molecule has 0 amide bonds. The molecule has 1 aromatic carbocycles. The molecule has 0 aliphatic heterocycles. The molecule has 0 spiro atoms. The van der Waals surface area contributed by atoms with E-state index in [0.29, 0.717) is 5.11 Å². The Balaban J connectivity index is 2.40. The Kier molecular flexibility index (Phi) is 5.83. The van der Waals surface area contributed by atoms with Gasteiger partial charge in [-0.15, -0.1) is 0 Å². The summed E-state index contributed by atoms with van der Waals surface area (Å²) >= 11 is 5.00. The predicted octanol–water partition coefficient (Wildman–Crippen LogP) is 3.44. The van der Waals surface area contributed by atoms with E-state index in [1.807, 2.05) is 0 Å². The molecule has 0 bridgehead atoms. The van der Waals surface area contributed by atoms with Gasteiger partial charge in [0.15, 0.2) is 5.11 Å². The first-order chi connectivity index (χ1) is 8.13. The van der Waals surface area contributed by atoms with Gasteiger partial charge in [0.25, 0.3) is 0 Å². The molecule has 0 fully saturated rings. The number of benzene rings is 1. The first kappa shape index (κ1) is 13.8. The molecule has 0 unspecified atom stereocenters. The maximum Gasteiger partial charge on any atom is 0.170 e. The van der Waals surface area contributed by atoms with E-state index >= 15 is 0 Å². The maximum atomic E-state index is 13.3. The van der Waals surface area contributed by atoms with Crippen LogP contribution in [0.2, 0.25) is 0 Å². The molecule has 2 N–H and O–H groups in total. The summed E-state index contributed by atoms with van der Waals surface area (Å²) in [6, 6.07) is 3.33. The van der Waals surface area contributed by atoms with Crippen molar-refractivity contribution in [2.24, 2.45) is 0 Å². The molecule has 0 atom stereocenters. The lowest BCUT2D eigenvalue weighted by molar-refractivity contribution is 0.586. The third kappa shape index (κ3) is 5.08. The van der Waals surface area contributed by atoms with Crippen molar-refractivity contribution in [2.75, 3.05) is 11.9 Å². The first-order valence-electron chi connectivity index (χ1n) is 5.63. The lowest BCUT2D eigenvalue weighted by atomic mass is 10.2. The zero-order chi connectivity index (χ0) is 12.7. The summed E-state index contributed by atoms with van der Waals surface area (Å²) in [5.74, 6) is -1.25. The molecule has 0 aliphatic rings. The number of hydrogen-bond donors (Lipinski definition) is 2. The highest BCUT2D eigenvalue weighted by Gasteiger charge is 2.04. The van der Waals surface area contributed by atoms with E-state index in [2.05, 4.69) is 17.6 Å². The van der Waals surface area contributed by atoms with Gasteiger partial charge in [-0.05, 0) is 30.8 Å². The van der Waals surface area contributed by atoms with Crippen molar-refractivity contribution < 1.29 is 8.78 Å². The van der Waals surface area contributed by atoms with E-state index in [0.717, 1.165) is 31.9 Å². The minimum absolute atomic E-state index is 0.180. The van der Waals surface area contributed by atoms with Gasteiger partial charge in [-0.25, -0.2) is 8.78 Å². The standard InChI is InChI=1S/C12H16F2N2S/c1-2-3-4-7-15-12(17)16-11-6-5-9(13)8-10(11)14/h5-6,8H,2-4,7H2,1H3,(H2,15,16,17). The summed E-state index contributed by atoms with van der Waals surface area (Å²) in [4.78, 5) is 0. The largest absolute Gasteiger partial charge is 0.362 e. The van der Waals surface area contributed by atoms with Gasteiger partial charge in [0.1, 0.15) is 11.6 Å². The van der Waals surface area contributed by atoms with Crippen molar-refractivity contribution in [2.45, 2.75) is 26.2 Å². The number of unbranched alkanes of at least 4 members (excludes halogenated alkanes) is 2. The van der Waals surface area contributed by atoms with Crippen LogP contribution in [0, 0.1) is 11.6 Å². The fourth-order valence-corrected chi connectivity index (χ4v) is 1.55. The lowest BCUT2D eigenvalue weighted by Gasteiger charge is -2.10. The van der Waals surface area contributed by atoms with Crippen molar-refractivity contribution in [3.05, 3.63) is 29.8 Å². The summed E-state index contributed by atoms with van der Waals surface area (Å²) in [6.07, 6.45) is 3.28. The molecule has 5 heteroatoms. The van der Waals surface area contributed by atoms with E-state index in [9.17, 15) is 8.78 Å². The summed E-state index contributed by atoms with van der Waals surface area (Å²) in [5.41, 5.74) is 0.180. The summed E-state index contributed by atoms with van der Waals surface area (Å²) in [5, 5.41) is 6.01. The van der Waals surface area contributed by atoms with E-state index in [4.69, 9.17) is 12.2 Å². The zero-order valence-electron chi connectivity index (χ0n) is 9.72. The van der Waals surface area contributed by atoms with Crippen molar-refractivity contribution in [3.8, 4) is 0 Å². The van der Waals surface area contributed by atoms with Crippen LogP contribution in [0.15, 0.2) is 18.2 Å². The molecule has 17 heavy (non-hydrogen) atoms. The van der Waals surface area contributed by atoms with Crippen LogP contribution in [-0.4, -0.2) is 11.7 Å². The van der Waals surface area contributed by atoms with Crippen molar-refractivity contribution >= 4 is 23.0 Å². The Morgan fingerprint density at radius 1 is 1.29 bits per heavy atom. The zero-order valence-corrected chi connectivity index (χ0v) is 10.5. The third-order valence-electron chi connectivity index (χ3n) is 2.25. The van der Waals surface area contributed by atoms with Crippen LogP contribution in [0.1, 0.15) is 26.2 Å². The monoisotopic (exact) mass is 258 g/mol. The minimum atomic E-state index is -0.650. The second-order valence-corrected chi connectivity index (χ2v) is 4.12. The van der Waals surface area contributed by atoms with Gasteiger partial charge < -0.3 is 10.6 Å². The van der Waals surface area contributed by atoms with Crippen LogP contribution in [0.4, 0.5) is 14.5 Å². The minimum Gasteiger partial charge on any atom is -0.362 e. The van der Waals surface area contributed by atoms with Gasteiger partial charge in [0, 0.05) is 12.6 Å². The highest BCUT2D eigenvalue weighted by molar-refractivity contribution is 7.80. The van der Waals surface area contributed by atoms with Crippen LogP contribution in [0.25, 0.3) is 0 Å². The second kappa shape index (κ2) is 7.17. The molecule has 0 heterocycles. The molecule has 0 aromatic heterocycles. The average molecular weight is 258 g/mol. The second-order valence-electron chi connectivity index (χ2n) is 3.71. The summed E-state index contributed by atoms with van der Waals surface area (Å²) in [6.45, 7) is 2.87. The lowest BCUT2D eigenvalue weighted by Crippen LogP contribution is -2.29. The van der Waals surface area contributed by atoms with Gasteiger partial charge in [-0.3, -0.25) is 0 Å². The Labute approximate surface area is 105 Å². The first-order valence-corrected chi connectivity index (χ1v) is 6.04. The maximum absolute atomic E-state index is 13.3. The Morgan fingerprint density at radius 3 is 2.71 bits per heavy atom. The van der Waals surface area contributed by atoms with Crippen LogP contribution in [-0.2, 0) is 0 Å². The topological polar surface area (TPSA) is 24.1 Å². The number of rotatable bonds is 5. The fraction of sp³-hybridized carbons (Fsp3) is 0.417. The molecule has 0 saturated carbocycles. The van der Waals surface area contributed by atoms with E-state index in [1.54, 1.807) is 0 Å². The molecule has 94 valence electrons. The molecular weight excluding hydrogens is 242 g/mol. The normalized spacial score (nSPS) is 10.1. The van der Waals surface area contributed by atoms with Gasteiger partial charge in [-0.1, -0.05) is 19.8 Å². The van der Waals surface area contributed by atoms with Gasteiger partial charge >= 0.3 is 0 Å². The summed E-state index contributed by atoms with van der Waals surface area (Å²) < 4.78 is 25.9. The summed E-state index contributed by atoms with van der Waals surface area (Å²) in [7, 11) is 0. The predicted molar refractivity (Wildman–Crippen MR) is 70.1 cm³/mol. The average Bonchev–Trinajstić information content (AvgIpc) is 2.28. The van der Waals surface area contributed by atoms with Crippen molar-refractivity contribution in [1.29, 1.82) is 0 Å². The van der Waals surface area contributed by atoms with Gasteiger partial charge in [0.2, 0.25) is 0 Å². The third-order valence-corrected chi connectivity index (χ3v) is 2.49. The molecular formula is C12H16F2N2S. The van der Waals surface area contributed by atoms with Crippen LogP contribution >= 0.6 is 12.2 Å². The Morgan fingerprint density at radius 2 is 2.06 bits per heavy atom. The number of anilines is 1. The number of halogens is 2. The molecule has 0 radical (unpaired) electrons. The van der Waals surface area contributed by atoms with Gasteiger partial charge in [0.05, 0.1) is 5.69 Å². The number of thiocarbonyl (C=S) groups is 1. The van der Waals surface area contributed by atoms with Crippen LogP contribution in [0.5, 0.6) is 0 Å². The van der Waals surface area contributed by atoms with Crippen molar-refractivity contribution in [3.63, 3.8) is 0 Å². The smallest absolute Gasteiger partial charge is 0.170 e. The quantitative estimate of drug-likeness (QED) is 0.625. The number of nitrogens with one attached hydrogen (secondary N) is 2. The van der Waals surface area contributed by atoms with E-state index < -0.39 is 11.6 Å². The van der Waals surface area contributed by atoms with E-state index in [-0.39, 0.29) is 5.69 Å². The highest BCUT2D eigenvalue weighted by atomic mass is 32.1. The van der Waals surface area contributed by atoms with Crippen LogP contribution in [0.3, 0.4) is 0 Å². The number of hydrogen-bond acceptors (Lipinski definition) is 1. The molecule has 1 rings (SSSR count). The molecule has 1 aromatic rings. The molecule has 0 saturated heterocycles. The fourth-order valence-electron chi connectivity index (χ4n) is 1.33. The highest BCUT2D eigenvalue weighted by Crippen LogP contribution is 2.14. The SMILES string of the molecule is CCCCCNC(=S)Nc1ccc(F)cc1F. The Hall–Kier alpha value is -1.23. The van der Waals surface area contributed by atoms with Gasteiger partial charge in [-0.2, -0.15) is 0 Å². The molecule has 0 aliphatic carbocycles.